The van der Waals surface area contributed by atoms with Crippen LogP contribution in [0, 0.1) is 0 Å². The highest BCUT2D eigenvalue weighted by atomic mass is 32.2. The number of rotatable bonds is 6. The molecule has 2 aromatic heterocycles. The second-order valence-corrected chi connectivity index (χ2v) is 7.94. The Hall–Kier alpha value is -2.69. The number of carbonyl (C=O) groups excluding carboxylic acids is 1. The van der Waals surface area contributed by atoms with Crippen molar-refractivity contribution in [2.75, 3.05) is 18.1 Å². The smallest absolute Gasteiger partial charge is 0.366 e. The van der Waals surface area contributed by atoms with Crippen molar-refractivity contribution >= 4 is 21.4 Å². The Morgan fingerprint density at radius 3 is 2.33 bits per heavy atom. The van der Waals surface area contributed by atoms with Gasteiger partial charge in [0.1, 0.15) is 5.82 Å². The van der Waals surface area contributed by atoms with Crippen molar-refractivity contribution in [2.24, 2.45) is 0 Å². The molecule has 2 aromatic rings. The minimum absolute atomic E-state index is 0.0598. The predicted molar refractivity (Wildman–Crippen MR) is 92.8 cm³/mol. The normalized spacial score (nSPS) is 12.1. The SMILES string of the molecule is C=C(C)CNc1c(C(C)=O)c(C(F)(F)F)nn1-c1ccc(S(C)(=O)=O)nc1. The molecule has 0 spiro atoms. The number of Topliss-reactive ketones (excluding diaryl/α,β-unsaturated/α-hetero) is 1. The van der Waals surface area contributed by atoms with E-state index in [4.69, 9.17) is 0 Å². The molecule has 7 nitrogen and oxygen atoms in total. The molecular weight excluding hydrogens is 385 g/mol. The average molecular weight is 402 g/mol. The first-order valence-electron chi connectivity index (χ1n) is 7.58. The van der Waals surface area contributed by atoms with Crippen molar-refractivity contribution in [1.29, 1.82) is 0 Å². The van der Waals surface area contributed by atoms with Crippen molar-refractivity contribution in [3.05, 3.63) is 41.7 Å². The van der Waals surface area contributed by atoms with Crippen LogP contribution in [-0.2, 0) is 16.0 Å². The van der Waals surface area contributed by atoms with E-state index < -0.39 is 33.1 Å². The predicted octanol–water partition coefficient (Wildman–Crippen LogP) is 2.88. The standard InChI is InChI=1S/C16H17F3N4O3S/c1-9(2)7-21-15-13(10(3)24)14(16(17,18)19)22-23(15)11-5-6-12(20-8-11)27(4,25)26/h5-6,8,21H,1,7H2,2-4H3. The van der Waals surface area contributed by atoms with Gasteiger partial charge >= 0.3 is 6.18 Å². The number of pyridine rings is 1. The second-order valence-electron chi connectivity index (χ2n) is 5.98. The lowest BCUT2D eigenvalue weighted by atomic mass is 10.1. The molecule has 0 unspecified atom stereocenters. The summed E-state index contributed by atoms with van der Waals surface area (Å²) in [6.07, 6.45) is -2.83. The highest BCUT2D eigenvalue weighted by Gasteiger charge is 2.41. The van der Waals surface area contributed by atoms with E-state index in [0.717, 1.165) is 30.1 Å². The van der Waals surface area contributed by atoms with Crippen LogP contribution in [0.25, 0.3) is 5.69 Å². The fourth-order valence-electron chi connectivity index (χ4n) is 2.25. The van der Waals surface area contributed by atoms with Gasteiger partial charge in [-0.3, -0.25) is 4.79 Å². The summed E-state index contributed by atoms with van der Waals surface area (Å²) >= 11 is 0. The topological polar surface area (TPSA) is 94.0 Å². The zero-order valence-corrected chi connectivity index (χ0v) is 15.6. The molecule has 0 amide bonds. The van der Waals surface area contributed by atoms with Gasteiger partial charge in [-0.15, -0.1) is 0 Å². The minimum Gasteiger partial charge on any atom is -0.366 e. The summed E-state index contributed by atoms with van der Waals surface area (Å²) in [7, 11) is -3.58. The number of hydrogen-bond acceptors (Lipinski definition) is 6. The number of nitrogens with zero attached hydrogens (tertiary/aromatic N) is 3. The lowest BCUT2D eigenvalue weighted by Crippen LogP contribution is -2.13. The summed E-state index contributed by atoms with van der Waals surface area (Å²) in [5.41, 5.74) is -1.27. The first-order valence-corrected chi connectivity index (χ1v) is 9.47. The van der Waals surface area contributed by atoms with Gasteiger partial charge in [-0.25, -0.2) is 18.1 Å². The Labute approximate surface area is 153 Å². The van der Waals surface area contributed by atoms with E-state index in [-0.39, 0.29) is 23.1 Å². The number of alkyl halides is 3. The van der Waals surface area contributed by atoms with Crippen molar-refractivity contribution < 1.29 is 26.4 Å². The van der Waals surface area contributed by atoms with Gasteiger partial charge in [0.2, 0.25) is 0 Å². The van der Waals surface area contributed by atoms with Crippen LogP contribution in [0.2, 0.25) is 0 Å². The maximum atomic E-state index is 13.4. The summed E-state index contributed by atoms with van der Waals surface area (Å²) in [5, 5.41) is 6.03. The van der Waals surface area contributed by atoms with Crippen molar-refractivity contribution in [3.63, 3.8) is 0 Å². The number of hydrogen-bond donors (Lipinski definition) is 1. The van der Waals surface area contributed by atoms with Crippen LogP contribution in [-0.4, -0.2) is 41.8 Å². The molecule has 146 valence electrons. The van der Waals surface area contributed by atoms with Crippen molar-refractivity contribution in [1.82, 2.24) is 14.8 Å². The number of sulfone groups is 1. The lowest BCUT2D eigenvalue weighted by molar-refractivity contribution is -0.141. The number of aromatic nitrogens is 3. The van der Waals surface area contributed by atoms with Gasteiger partial charge in [0.25, 0.3) is 0 Å². The number of ketones is 1. The van der Waals surface area contributed by atoms with E-state index >= 15 is 0 Å². The molecule has 1 N–H and O–H groups in total. The molecule has 0 aliphatic heterocycles. The van der Waals surface area contributed by atoms with Crippen LogP contribution in [0.5, 0.6) is 0 Å². The highest BCUT2D eigenvalue weighted by molar-refractivity contribution is 7.90. The molecule has 0 bridgehead atoms. The first-order chi connectivity index (χ1) is 12.3. The Bertz CT molecular complexity index is 993. The first kappa shape index (κ1) is 20.6. The van der Waals surface area contributed by atoms with E-state index in [9.17, 15) is 26.4 Å². The minimum atomic E-state index is -4.86. The van der Waals surface area contributed by atoms with Gasteiger partial charge in [-0.05, 0) is 26.0 Å². The van der Waals surface area contributed by atoms with Gasteiger partial charge in [0, 0.05) is 12.8 Å². The Balaban J connectivity index is 2.70. The molecule has 0 saturated carbocycles. The average Bonchev–Trinajstić information content (AvgIpc) is 2.92. The molecule has 2 heterocycles. The fraction of sp³-hybridized carbons (Fsp3) is 0.312. The molecule has 2 rings (SSSR count). The molecular formula is C16H17F3N4O3S. The van der Waals surface area contributed by atoms with E-state index in [1.54, 1.807) is 6.92 Å². The van der Waals surface area contributed by atoms with Crippen LogP contribution in [0.1, 0.15) is 29.9 Å². The number of carbonyl (C=O) groups is 1. The maximum Gasteiger partial charge on any atom is 0.435 e. The molecule has 0 saturated heterocycles. The molecule has 27 heavy (non-hydrogen) atoms. The molecule has 11 heteroatoms. The van der Waals surface area contributed by atoms with E-state index in [1.165, 1.54) is 6.07 Å². The summed E-state index contributed by atoms with van der Waals surface area (Å²) in [4.78, 5) is 15.6. The van der Waals surface area contributed by atoms with E-state index in [2.05, 4.69) is 22.0 Å². The fourth-order valence-corrected chi connectivity index (χ4v) is 2.81. The van der Waals surface area contributed by atoms with Gasteiger partial charge in [-0.2, -0.15) is 18.3 Å². The Kier molecular flexibility index (Phi) is 5.45. The second kappa shape index (κ2) is 7.14. The monoisotopic (exact) mass is 402 g/mol. The van der Waals surface area contributed by atoms with E-state index in [1.807, 2.05) is 0 Å². The summed E-state index contributed by atoms with van der Waals surface area (Å²) < 4.78 is 64.0. The molecule has 0 aromatic carbocycles. The maximum absolute atomic E-state index is 13.4. The summed E-state index contributed by atoms with van der Waals surface area (Å²) in [6.45, 7) is 6.44. The molecule has 0 radical (unpaired) electrons. The van der Waals surface area contributed by atoms with Crippen LogP contribution >= 0.6 is 0 Å². The van der Waals surface area contributed by atoms with Crippen molar-refractivity contribution in [2.45, 2.75) is 25.0 Å². The van der Waals surface area contributed by atoms with Gasteiger partial charge < -0.3 is 5.32 Å². The third-order valence-corrected chi connectivity index (χ3v) is 4.41. The zero-order chi connectivity index (χ0) is 20.6. The molecule has 0 atom stereocenters. The zero-order valence-electron chi connectivity index (χ0n) is 14.8. The number of nitrogens with one attached hydrogen (secondary N) is 1. The largest absolute Gasteiger partial charge is 0.435 e. The van der Waals surface area contributed by atoms with Crippen LogP contribution in [0.15, 0.2) is 35.5 Å². The van der Waals surface area contributed by atoms with Gasteiger partial charge in [-0.1, -0.05) is 12.2 Å². The van der Waals surface area contributed by atoms with Crippen LogP contribution in [0.3, 0.4) is 0 Å². The Morgan fingerprint density at radius 1 is 1.30 bits per heavy atom. The highest BCUT2D eigenvalue weighted by Crippen LogP contribution is 2.36. The quantitative estimate of drug-likeness (QED) is 0.590. The third kappa shape index (κ3) is 4.54. The van der Waals surface area contributed by atoms with Crippen LogP contribution in [0.4, 0.5) is 19.0 Å². The van der Waals surface area contributed by atoms with Gasteiger partial charge in [0.15, 0.2) is 26.3 Å². The summed E-state index contributed by atoms with van der Waals surface area (Å²) in [6, 6.07) is 2.40. The van der Waals surface area contributed by atoms with Crippen molar-refractivity contribution in [3.8, 4) is 5.69 Å². The number of anilines is 1. The lowest BCUT2D eigenvalue weighted by Gasteiger charge is -2.11. The number of halogens is 3. The summed E-state index contributed by atoms with van der Waals surface area (Å²) in [5.74, 6) is -0.995. The molecule has 0 fully saturated rings. The molecule has 0 aliphatic rings. The molecule has 0 aliphatic carbocycles. The Morgan fingerprint density at radius 2 is 1.93 bits per heavy atom. The van der Waals surface area contributed by atoms with Crippen LogP contribution < -0.4 is 5.32 Å². The van der Waals surface area contributed by atoms with E-state index in [0.29, 0.717) is 5.57 Å². The third-order valence-electron chi connectivity index (χ3n) is 3.41. The van der Waals surface area contributed by atoms with Gasteiger partial charge in [0.05, 0.1) is 17.4 Å².